The Morgan fingerprint density at radius 1 is 1.31 bits per heavy atom. The highest BCUT2D eigenvalue weighted by Crippen LogP contribution is 2.25. The monoisotopic (exact) mass is 218 g/mol. The molecule has 13 heavy (non-hydrogen) atoms. The molecule has 0 radical (unpaired) electrons. The van der Waals surface area contributed by atoms with Crippen molar-refractivity contribution in [2.24, 2.45) is 0 Å². The first kappa shape index (κ1) is 8.52. The molecule has 2 aromatic rings. The van der Waals surface area contributed by atoms with Gasteiger partial charge in [0.25, 0.3) is 0 Å². The van der Waals surface area contributed by atoms with Gasteiger partial charge in [-0.1, -0.05) is 11.6 Å². The molecule has 0 spiro atoms. The van der Waals surface area contributed by atoms with Crippen molar-refractivity contribution in [2.45, 2.75) is 0 Å². The molecule has 0 saturated heterocycles. The third-order valence-electron chi connectivity index (χ3n) is 1.50. The Labute approximate surface area is 83.0 Å². The zero-order valence-electron chi connectivity index (χ0n) is 6.51. The number of aromatic amines is 1. The van der Waals surface area contributed by atoms with Gasteiger partial charge in [0.05, 0.1) is 7.11 Å². The Balaban J connectivity index is 2.84. The van der Waals surface area contributed by atoms with Gasteiger partial charge in [0.2, 0.25) is 11.2 Å². The summed E-state index contributed by atoms with van der Waals surface area (Å²) < 4.78 is 4.96. The highest BCUT2D eigenvalue weighted by atomic mass is 35.5. The first-order chi connectivity index (χ1) is 6.22. The van der Waals surface area contributed by atoms with E-state index in [9.17, 15) is 0 Å². The van der Waals surface area contributed by atoms with Gasteiger partial charge in [-0.25, -0.2) is 4.98 Å². The van der Waals surface area contributed by atoms with Gasteiger partial charge in [0.1, 0.15) is 11.0 Å². The fourth-order valence-electron chi connectivity index (χ4n) is 0.970. The maximum atomic E-state index is 5.73. The van der Waals surface area contributed by atoms with Crippen molar-refractivity contribution in [2.75, 3.05) is 7.11 Å². The van der Waals surface area contributed by atoms with Gasteiger partial charge in [-0.3, -0.25) is 5.10 Å². The fourth-order valence-corrected chi connectivity index (χ4v) is 1.31. The second-order valence-electron chi connectivity index (χ2n) is 2.24. The van der Waals surface area contributed by atoms with Crippen LogP contribution < -0.4 is 4.74 Å². The number of hydrogen-bond acceptors (Lipinski definition) is 4. The molecule has 2 aromatic heterocycles. The predicted octanol–water partition coefficient (Wildman–Crippen LogP) is 1.67. The molecular weight excluding hydrogens is 215 g/mol. The van der Waals surface area contributed by atoms with Crippen molar-refractivity contribution in [3.05, 3.63) is 10.4 Å². The number of nitrogens with one attached hydrogen (secondary N) is 1. The second kappa shape index (κ2) is 3.01. The average molecular weight is 219 g/mol. The van der Waals surface area contributed by atoms with E-state index >= 15 is 0 Å². The standard InChI is InChI=1S/C6H4Cl2N4O/c1-13-5-3-2(4(7)12-11-3)9-6(8)10-5/h1H3,(H,11,12). The van der Waals surface area contributed by atoms with Crippen molar-refractivity contribution in [3.63, 3.8) is 0 Å². The van der Waals surface area contributed by atoms with Crippen LogP contribution in [0.1, 0.15) is 0 Å². The summed E-state index contributed by atoms with van der Waals surface area (Å²) in [5, 5.41) is 6.71. The van der Waals surface area contributed by atoms with Gasteiger partial charge >= 0.3 is 0 Å². The molecule has 0 saturated carbocycles. The molecule has 1 N–H and O–H groups in total. The summed E-state index contributed by atoms with van der Waals surface area (Å²) in [6.07, 6.45) is 0. The summed E-state index contributed by atoms with van der Waals surface area (Å²) in [5.74, 6) is 0.328. The number of nitrogens with zero attached hydrogens (tertiary/aromatic N) is 3. The highest BCUT2D eigenvalue weighted by molar-refractivity contribution is 6.34. The van der Waals surface area contributed by atoms with E-state index in [0.29, 0.717) is 16.9 Å². The minimum absolute atomic E-state index is 0.0765. The molecule has 2 rings (SSSR count). The highest BCUT2D eigenvalue weighted by Gasteiger charge is 2.12. The second-order valence-corrected chi connectivity index (χ2v) is 2.94. The van der Waals surface area contributed by atoms with Gasteiger partial charge in [-0.15, -0.1) is 0 Å². The van der Waals surface area contributed by atoms with Gasteiger partial charge in [-0.2, -0.15) is 10.1 Å². The van der Waals surface area contributed by atoms with E-state index in [4.69, 9.17) is 27.9 Å². The lowest BCUT2D eigenvalue weighted by molar-refractivity contribution is 0.401. The molecule has 0 fully saturated rings. The number of rotatable bonds is 1. The van der Waals surface area contributed by atoms with Crippen LogP contribution in [0.5, 0.6) is 5.88 Å². The minimum Gasteiger partial charge on any atom is -0.479 e. The number of halogens is 2. The normalized spacial score (nSPS) is 10.7. The fraction of sp³-hybridized carbons (Fsp3) is 0.167. The zero-order chi connectivity index (χ0) is 9.42. The first-order valence-corrected chi connectivity index (χ1v) is 4.09. The number of ether oxygens (including phenoxy) is 1. The van der Waals surface area contributed by atoms with Crippen LogP contribution in [0, 0.1) is 0 Å². The van der Waals surface area contributed by atoms with E-state index in [1.807, 2.05) is 0 Å². The molecule has 0 aliphatic rings. The number of methoxy groups -OCH3 is 1. The number of hydrogen-bond donors (Lipinski definition) is 1. The average Bonchev–Trinajstić information content (AvgIpc) is 2.47. The van der Waals surface area contributed by atoms with Crippen molar-refractivity contribution in [1.82, 2.24) is 20.2 Å². The van der Waals surface area contributed by atoms with Gasteiger partial charge < -0.3 is 4.74 Å². The van der Waals surface area contributed by atoms with Crippen LogP contribution in [0.2, 0.25) is 10.4 Å². The van der Waals surface area contributed by atoms with Crippen LogP contribution in [0.25, 0.3) is 11.0 Å². The van der Waals surface area contributed by atoms with Crippen molar-refractivity contribution >= 4 is 34.2 Å². The van der Waals surface area contributed by atoms with Crippen LogP contribution in [-0.4, -0.2) is 27.3 Å². The van der Waals surface area contributed by atoms with Gasteiger partial charge in [0.15, 0.2) is 5.15 Å². The Hall–Kier alpha value is -1.07. The summed E-state index contributed by atoms with van der Waals surface area (Å²) in [6, 6.07) is 0. The van der Waals surface area contributed by atoms with E-state index in [1.54, 1.807) is 0 Å². The summed E-state index contributed by atoms with van der Waals surface area (Å²) in [4.78, 5) is 7.73. The quantitative estimate of drug-likeness (QED) is 0.741. The van der Waals surface area contributed by atoms with Crippen molar-refractivity contribution in [3.8, 4) is 5.88 Å². The molecule has 0 aromatic carbocycles. The Morgan fingerprint density at radius 3 is 2.77 bits per heavy atom. The molecule has 0 bridgehead atoms. The molecular formula is C6H4Cl2N4O. The molecule has 0 aliphatic heterocycles. The number of H-pyrrole nitrogens is 1. The summed E-state index contributed by atoms with van der Waals surface area (Å²) >= 11 is 11.4. The van der Waals surface area contributed by atoms with Crippen molar-refractivity contribution in [1.29, 1.82) is 0 Å². The van der Waals surface area contributed by atoms with Gasteiger partial charge in [-0.05, 0) is 11.6 Å². The molecule has 68 valence electrons. The van der Waals surface area contributed by atoms with Crippen LogP contribution in [0.3, 0.4) is 0 Å². The van der Waals surface area contributed by atoms with Crippen molar-refractivity contribution < 1.29 is 4.74 Å². The van der Waals surface area contributed by atoms with Crippen LogP contribution in [0.4, 0.5) is 0 Å². The predicted molar refractivity (Wildman–Crippen MR) is 48.3 cm³/mol. The van der Waals surface area contributed by atoms with E-state index in [1.165, 1.54) is 7.11 Å². The summed E-state index contributed by atoms with van der Waals surface area (Å²) in [5.41, 5.74) is 0.996. The molecule has 0 aliphatic carbocycles. The molecule has 5 nitrogen and oxygen atoms in total. The number of aromatic nitrogens is 4. The number of fused-ring (bicyclic) bond motifs is 1. The topological polar surface area (TPSA) is 63.7 Å². The SMILES string of the molecule is COc1nc(Cl)nc2c(Cl)n[nH]c12. The largest absolute Gasteiger partial charge is 0.479 e. The summed E-state index contributed by atoms with van der Waals surface area (Å²) in [6.45, 7) is 0. The zero-order valence-corrected chi connectivity index (χ0v) is 8.02. The van der Waals surface area contributed by atoms with Crippen LogP contribution in [-0.2, 0) is 0 Å². The molecule has 7 heteroatoms. The lowest BCUT2D eigenvalue weighted by atomic mass is 10.4. The lowest BCUT2D eigenvalue weighted by Crippen LogP contribution is -1.91. The smallest absolute Gasteiger partial charge is 0.244 e. The first-order valence-electron chi connectivity index (χ1n) is 3.33. The third kappa shape index (κ3) is 1.30. The van der Waals surface area contributed by atoms with Crippen LogP contribution in [0.15, 0.2) is 0 Å². The summed E-state index contributed by atoms with van der Waals surface area (Å²) in [7, 11) is 1.48. The molecule has 0 amide bonds. The van der Waals surface area contributed by atoms with Gasteiger partial charge in [0, 0.05) is 0 Å². The molecule has 2 heterocycles. The van der Waals surface area contributed by atoms with E-state index < -0.39 is 0 Å². The van der Waals surface area contributed by atoms with E-state index in [0.717, 1.165) is 0 Å². The Morgan fingerprint density at radius 2 is 2.08 bits per heavy atom. The molecule has 0 atom stereocenters. The Bertz CT molecular complexity index is 455. The van der Waals surface area contributed by atoms with E-state index in [2.05, 4.69) is 20.2 Å². The minimum atomic E-state index is 0.0765. The third-order valence-corrected chi connectivity index (χ3v) is 1.94. The van der Waals surface area contributed by atoms with Crippen LogP contribution >= 0.6 is 23.2 Å². The lowest BCUT2D eigenvalue weighted by Gasteiger charge is -1.98. The maximum Gasteiger partial charge on any atom is 0.244 e. The maximum absolute atomic E-state index is 5.73. The molecule has 0 unspecified atom stereocenters. The Kier molecular flexibility index (Phi) is 1.97. The van der Waals surface area contributed by atoms with E-state index in [-0.39, 0.29) is 10.4 Å².